The minimum absolute atomic E-state index is 0.0432. The Labute approximate surface area is 160 Å². The van der Waals surface area contributed by atoms with Crippen LogP contribution in [-0.2, 0) is 17.9 Å². The molecule has 0 N–H and O–H groups in total. The molecule has 1 atom stereocenters. The summed E-state index contributed by atoms with van der Waals surface area (Å²) in [5, 5.41) is 8.60. The number of rotatable bonds is 3. The van der Waals surface area contributed by atoms with Gasteiger partial charge in [0.2, 0.25) is 5.82 Å². The predicted molar refractivity (Wildman–Crippen MR) is 99.6 cm³/mol. The van der Waals surface area contributed by atoms with Crippen LogP contribution in [0.5, 0.6) is 0 Å². The summed E-state index contributed by atoms with van der Waals surface area (Å²) in [7, 11) is 0. The zero-order valence-electron chi connectivity index (χ0n) is 15.2. The molecule has 1 aliphatic heterocycles. The van der Waals surface area contributed by atoms with Gasteiger partial charge in [0.25, 0.3) is 5.89 Å². The van der Waals surface area contributed by atoms with Gasteiger partial charge in [0.15, 0.2) is 5.69 Å². The highest BCUT2D eigenvalue weighted by molar-refractivity contribution is 5.57. The maximum Gasteiger partial charge on any atom is 0.278 e. The van der Waals surface area contributed by atoms with Crippen molar-refractivity contribution in [3.8, 4) is 23.0 Å². The normalized spacial score (nSPS) is 16.1. The Balaban J connectivity index is 1.39. The molecule has 1 aliphatic rings. The van der Waals surface area contributed by atoms with Crippen LogP contribution < -0.4 is 0 Å². The molecule has 0 saturated carbocycles. The minimum atomic E-state index is -0.308. The number of hydrogen-bond acceptors (Lipinski definition) is 5. The second kappa shape index (κ2) is 6.69. The van der Waals surface area contributed by atoms with Gasteiger partial charge in [-0.25, -0.2) is 4.39 Å². The molecule has 0 aliphatic carbocycles. The van der Waals surface area contributed by atoms with Crippen LogP contribution >= 0.6 is 0 Å². The van der Waals surface area contributed by atoms with Gasteiger partial charge in [0, 0.05) is 5.56 Å². The van der Waals surface area contributed by atoms with Gasteiger partial charge in [-0.05, 0) is 42.8 Å². The van der Waals surface area contributed by atoms with E-state index in [9.17, 15) is 4.39 Å². The zero-order chi connectivity index (χ0) is 19.1. The standard InChI is InChI=1S/C21H17FN4O2/c1-13-2-4-14(5-3-13)19-11-26-17(12-27-19)10-18(24-26)21-23-20(25-28-21)15-6-8-16(22)9-7-15/h2-10,19H,11-12H2,1H3. The maximum absolute atomic E-state index is 13.1. The van der Waals surface area contributed by atoms with Crippen LogP contribution in [0, 0.1) is 12.7 Å². The molecular formula is C21H17FN4O2. The molecule has 4 aromatic rings. The molecule has 0 saturated heterocycles. The van der Waals surface area contributed by atoms with Gasteiger partial charge < -0.3 is 9.26 Å². The predicted octanol–water partition coefficient (Wildman–Crippen LogP) is 4.32. The van der Waals surface area contributed by atoms with Crippen LogP contribution in [0.3, 0.4) is 0 Å². The average molecular weight is 376 g/mol. The summed E-state index contributed by atoms with van der Waals surface area (Å²) in [6.07, 6.45) is -0.0432. The Kier molecular flexibility index (Phi) is 4.02. The van der Waals surface area contributed by atoms with Crippen molar-refractivity contribution in [2.24, 2.45) is 0 Å². The van der Waals surface area contributed by atoms with Gasteiger partial charge >= 0.3 is 0 Å². The van der Waals surface area contributed by atoms with Crippen molar-refractivity contribution in [3.63, 3.8) is 0 Å². The first kappa shape index (κ1) is 16.8. The molecule has 5 rings (SSSR count). The van der Waals surface area contributed by atoms with Crippen molar-refractivity contribution in [2.45, 2.75) is 26.2 Å². The maximum atomic E-state index is 13.1. The monoisotopic (exact) mass is 376 g/mol. The number of fused-ring (bicyclic) bond motifs is 1. The largest absolute Gasteiger partial charge is 0.365 e. The van der Waals surface area contributed by atoms with Crippen molar-refractivity contribution < 1.29 is 13.7 Å². The first-order valence-corrected chi connectivity index (χ1v) is 9.00. The van der Waals surface area contributed by atoms with Crippen LogP contribution in [-0.4, -0.2) is 19.9 Å². The second-order valence-corrected chi connectivity index (χ2v) is 6.84. The van der Waals surface area contributed by atoms with Crippen LogP contribution in [0.2, 0.25) is 0 Å². The minimum Gasteiger partial charge on any atom is -0.365 e. The molecule has 0 bridgehead atoms. The molecule has 140 valence electrons. The first-order valence-electron chi connectivity index (χ1n) is 9.00. The molecule has 6 nitrogen and oxygen atoms in total. The van der Waals surface area contributed by atoms with E-state index in [1.165, 1.54) is 17.7 Å². The summed E-state index contributed by atoms with van der Waals surface area (Å²) < 4.78 is 26.4. The third kappa shape index (κ3) is 3.10. The summed E-state index contributed by atoms with van der Waals surface area (Å²) >= 11 is 0. The van der Waals surface area contributed by atoms with Gasteiger partial charge in [-0.3, -0.25) is 4.68 Å². The molecule has 2 aromatic carbocycles. The van der Waals surface area contributed by atoms with E-state index in [2.05, 4.69) is 46.4 Å². The zero-order valence-corrected chi connectivity index (χ0v) is 15.2. The first-order chi connectivity index (χ1) is 13.7. The fourth-order valence-electron chi connectivity index (χ4n) is 3.26. The number of aromatic nitrogens is 4. The lowest BCUT2D eigenvalue weighted by Crippen LogP contribution is -2.21. The van der Waals surface area contributed by atoms with Crippen LogP contribution in [0.1, 0.15) is 22.9 Å². The molecule has 0 spiro atoms. The van der Waals surface area contributed by atoms with E-state index in [1.54, 1.807) is 12.1 Å². The molecule has 0 radical (unpaired) electrons. The quantitative estimate of drug-likeness (QED) is 0.533. The summed E-state index contributed by atoms with van der Waals surface area (Å²) in [4.78, 5) is 4.39. The smallest absolute Gasteiger partial charge is 0.278 e. The van der Waals surface area contributed by atoms with E-state index in [-0.39, 0.29) is 11.9 Å². The Morgan fingerprint density at radius 3 is 2.64 bits per heavy atom. The van der Waals surface area contributed by atoms with E-state index in [4.69, 9.17) is 9.26 Å². The SMILES string of the molecule is Cc1ccc(C2Cn3nc(-c4nc(-c5ccc(F)cc5)no4)cc3CO2)cc1. The summed E-state index contributed by atoms with van der Waals surface area (Å²) in [5.74, 6) is 0.417. The Morgan fingerprint density at radius 1 is 1.07 bits per heavy atom. The van der Waals surface area contributed by atoms with E-state index >= 15 is 0 Å². The highest BCUT2D eigenvalue weighted by Crippen LogP contribution is 2.29. The molecule has 0 fully saturated rings. The third-order valence-electron chi connectivity index (χ3n) is 4.83. The third-order valence-corrected chi connectivity index (χ3v) is 4.83. The molecule has 0 amide bonds. The number of aryl methyl sites for hydroxylation is 1. The molecule has 7 heteroatoms. The Hall–Kier alpha value is -3.32. The summed E-state index contributed by atoms with van der Waals surface area (Å²) in [6, 6.07) is 16.2. The van der Waals surface area contributed by atoms with Crippen molar-refractivity contribution in [3.05, 3.63) is 77.2 Å². The van der Waals surface area contributed by atoms with E-state index in [0.717, 1.165) is 11.3 Å². The number of halogens is 1. The average Bonchev–Trinajstić information content (AvgIpc) is 3.35. The van der Waals surface area contributed by atoms with Gasteiger partial charge in [0.1, 0.15) is 11.9 Å². The van der Waals surface area contributed by atoms with Crippen LogP contribution in [0.25, 0.3) is 23.0 Å². The van der Waals surface area contributed by atoms with Crippen LogP contribution in [0.15, 0.2) is 59.1 Å². The van der Waals surface area contributed by atoms with Gasteiger partial charge in [-0.1, -0.05) is 35.0 Å². The van der Waals surface area contributed by atoms with Gasteiger partial charge in [-0.15, -0.1) is 0 Å². The van der Waals surface area contributed by atoms with Gasteiger partial charge in [0.05, 0.1) is 18.8 Å². The molecular weight excluding hydrogens is 359 g/mol. The van der Waals surface area contributed by atoms with E-state index in [0.29, 0.717) is 36.1 Å². The highest BCUT2D eigenvalue weighted by atomic mass is 19.1. The highest BCUT2D eigenvalue weighted by Gasteiger charge is 2.24. The number of benzene rings is 2. The van der Waals surface area contributed by atoms with Crippen LogP contribution in [0.4, 0.5) is 4.39 Å². The molecule has 2 aromatic heterocycles. The summed E-state index contributed by atoms with van der Waals surface area (Å²) in [5.41, 5.74) is 4.59. The lowest BCUT2D eigenvalue weighted by molar-refractivity contribution is -0.00113. The number of ether oxygens (including phenoxy) is 1. The summed E-state index contributed by atoms with van der Waals surface area (Å²) in [6.45, 7) is 3.15. The van der Waals surface area contributed by atoms with Crippen molar-refractivity contribution in [2.75, 3.05) is 0 Å². The fourth-order valence-corrected chi connectivity index (χ4v) is 3.26. The molecule has 3 heterocycles. The lowest BCUT2D eigenvalue weighted by atomic mass is 10.1. The molecule has 1 unspecified atom stereocenters. The Bertz CT molecular complexity index is 1120. The van der Waals surface area contributed by atoms with E-state index < -0.39 is 0 Å². The van der Waals surface area contributed by atoms with Crippen molar-refractivity contribution >= 4 is 0 Å². The van der Waals surface area contributed by atoms with Gasteiger partial charge in [-0.2, -0.15) is 10.1 Å². The lowest BCUT2D eigenvalue weighted by Gasteiger charge is -2.24. The number of nitrogens with zero attached hydrogens (tertiary/aromatic N) is 4. The van der Waals surface area contributed by atoms with Crippen molar-refractivity contribution in [1.29, 1.82) is 0 Å². The fraction of sp³-hybridized carbons (Fsp3) is 0.190. The second-order valence-electron chi connectivity index (χ2n) is 6.84. The van der Waals surface area contributed by atoms with Crippen molar-refractivity contribution in [1.82, 2.24) is 19.9 Å². The van der Waals surface area contributed by atoms with E-state index in [1.807, 2.05) is 10.7 Å². The topological polar surface area (TPSA) is 66.0 Å². The Morgan fingerprint density at radius 2 is 1.86 bits per heavy atom. The number of hydrogen-bond donors (Lipinski definition) is 0. The molecule has 28 heavy (non-hydrogen) atoms.